The maximum Gasteiger partial charge on any atom is 0.246 e. The van der Waals surface area contributed by atoms with Gasteiger partial charge in [0.2, 0.25) is 59.1 Å². The van der Waals surface area contributed by atoms with Crippen molar-refractivity contribution >= 4 is 59.1 Å². The molecular weight excluding hydrogens is 1040 g/mol. The first-order valence-electron chi connectivity index (χ1n) is 29.8. The van der Waals surface area contributed by atoms with Crippen molar-refractivity contribution in [2.24, 2.45) is 23.7 Å². The molecule has 81 heavy (non-hydrogen) atoms. The van der Waals surface area contributed by atoms with Gasteiger partial charge in [-0.1, -0.05) is 113 Å². The summed E-state index contributed by atoms with van der Waals surface area (Å²) in [5.74, 6) is -6.65. The Morgan fingerprint density at radius 3 is 1.74 bits per heavy atom. The van der Waals surface area contributed by atoms with Gasteiger partial charge in [0.1, 0.15) is 46.8 Å². The van der Waals surface area contributed by atoms with E-state index in [-0.39, 0.29) is 61.8 Å². The van der Waals surface area contributed by atoms with E-state index in [9.17, 15) is 53.1 Å². The fourth-order valence-corrected chi connectivity index (χ4v) is 9.27. The number of hydrogen-bond donors (Lipinski definition) is 9. The Morgan fingerprint density at radius 1 is 0.617 bits per heavy atom. The van der Waals surface area contributed by atoms with E-state index >= 15 is 0 Å². The molecule has 0 radical (unpaired) electrons. The first-order valence-corrected chi connectivity index (χ1v) is 29.8. The second kappa shape index (κ2) is 34.1. The van der Waals surface area contributed by atoms with Crippen LogP contribution in [0.25, 0.3) is 0 Å². The number of rotatable bonds is 34. The molecule has 10 amide bonds. The molecule has 7 atom stereocenters. The topological polar surface area (TPSA) is 303 Å². The van der Waals surface area contributed by atoms with E-state index in [1.807, 2.05) is 47.6 Å². The summed E-state index contributed by atoms with van der Waals surface area (Å²) in [6, 6.07) is -5.92. The highest BCUT2D eigenvalue weighted by Crippen LogP contribution is 2.21. The predicted molar refractivity (Wildman–Crippen MR) is 310 cm³/mol. The summed E-state index contributed by atoms with van der Waals surface area (Å²) in [5.41, 5.74) is -4.80. The van der Waals surface area contributed by atoms with Crippen LogP contribution in [0.5, 0.6) is 0 Å². The van der Waals surface area contributed by atoms with E-state index in [2.05, 4.69) is 49.5 Å². The van der Waals surface area contributed by atoms with Gasteiger partial charge in [-0.25, -0.2) is 0 Å². The molecule has 0 bridgehead atoms. The van der Waals surface area contributed by atoms with Crippen molar-refractivity contribution in [3.63, 3.8) is 0 Å². The minimum Gasteiger partial charge on any atom is -0.390 e. The average molecular weight is 1150 g/mol. The number of nitrogens with one attached hydrogen (secondary N) is 8. The normalized spacial score (nSPS) is 17.4. The average Bonchev–Trinajstić information content (AvgIpc) is 3.89. The van der Waals surface area contributed by atoms with Gasteiger partial charge in [0, 0.05) is 32.6 Å². The number of hydrogen-bond acceptors (Lipinski definition) is 12. The molecule has 2 aliphatic heterocycles. The highest BCUT2D eigenvalue weighted by atomic mass is 16.5. The van der Waals surface area contributed by atoms with Gasteiger partial charge in [-0.3, -0.25) is 47.9 Å². The van der Waals surface area contributed by atoms with Crippen LogP contribution >= 0.6 is 0 Å². The fourth-order valence-electron chi connectivity index (χ4n) is 9.27. The molecule has 0 spiro atoms. The zero-order chi connectivity index (χ0) is 61.4. The van der Waals surface area contributed by atoms with Crippen LogP contribution in [-0.4, -0.2) is 166 Å². The number of amides is 10. The predicted octanol–water partition coefficient (Wildman–Crippen LogP) is 3.43. The van der Waals surface area contributed by atoms with Gasteiger partial charge in [0.15, 0.2) is 0 Å². The number of carbonyl (C=O) groups is 10. The van der Waals surface area contributed by atoms with Crippen LogP contribution in [-0.2, 0) is 52.7 Å². The Bertz CT molecular complexity index is 2140. The van der Waals surface area contributed by atoms with Crippen molar-refractivity contribution in [2.75, 3.05) is 39.4 Å². The van der Waals surface area contributed by atoms with Crippen LogP contribution in [0.3, 0.4) is 0 Å². The Kier molecular flexibility index (Phi) is 30.1. The van der Waals surface area contributed by atoms with E-state index in [1.54, 1.807) is 18.7 Å². The quantitative estimate of drug-likeness (QED) is 0.0331. The van der Waals surface area contributed by atoms with Crippen molar-refractivity contribution in [1.29, 1.82) is 0 Å². The molecule has 0 aliphatic carbocycles. The molecule has 2 saturated heterocycles. The number of aliphatic hydroxyl groups excluding tert-OH is 1. The second-order valence-electron chi connectivity index (χ2n) is 24.9. The third-order valence-corrected chi connectivity index (χ3v) is 14.8. The molecule has 22 nitrogen and oxygen atoms in total. The molecule has 22 heteroatoms. The van der Waals surface area contributed by atoms with E-state index in [1.165, 1.54) is 52.5 Å². The highest BCUT2D eigenvalue weighted by molar-refractivity contribution is 6.00. The molecular formula is C59H104N10O12. The van der Waals surface area contributed by atoms with Gasteiger partial charge >= 0.3 is 0 Å². The van der Waals surface area contributed by atoms with Gasteiger partial charge in [0.25, 0.3) is 0 Å². The summed E-state index contributed by atoms with van der Waals surface area (Å²) >= 11 is 0. The molecule has 0 aromatic heterocycles. The molecule has 2 aliphatic rings. The van der Waals surface area contributed by atoms with E-state index in [0.29, 0.717) is 52.1 Å². The van der Waals surface area contributed by atoms with Crippen LogP contribution in [0.2, 0.25) is 0 Å². The number of ether oxygens (including phenoxy) is 1. The SMILES string of the molecule is CCCCCCCCC(NC(=O)[C@@H]1CCCN1C(=O)/C=C/[C@@H](C)CC)C(=O)N[C@H](C(=O)NC(C)(C)C(=O)N[C@@H](CC(C)C)C(=O)N[C@@H](CC(C)C)C(=O)NC(C)(C)C(=O)NC(C)(C)C(=O)NCCC(=O)N1CCOCC1)[C@H](O)C(C)C. The zero-order valence-corrected chi connectivity index (χ0v) is 51.7. The Morgan fingerprint density at radius 2 is 1.16 bits per heavy atom. The lowest BCUT2D eigenvalue weighted by Crippen LogP contribution is -2.66. The molecule has 0 aromatic carbocycles. The maximum absolute atomic E-state index is 14.3. The standard InChI is InChI=1S/C59H104N10O12/c1-16-18-19-20-21-22-24-41(61-52(76)44-25-23-30-69(44)46(71)27-26-40(9)17-2)49(73)64-47(48(72)39(7)8)53(77)66-58(12,13)55(79)63-42(35-37(3)4)50(74)62-43(36-38(5)6)51(75)65-59(14,15)56(80)67-57(10,11)54(78)60-29-28-45(70)68-31-33-81-34-32-68/h26-27,37-44,47-48,72H,16-25,28-36H2,1-15H3,(H,60,78)(H,61,76)(H,62,74)(H,63,79)(H,64,73)(H,65,75)(H,66,77)(H,67,80)/b27-26+/t40-,41?,42-,43-,44-,47-,48+/m0/s1. The monoisotopic (exact) mass is 1140 g/mol. The number of carbonyl (C=O) groups excluding carboxylic acids is 10. The third kappa shape index (κ3) is 24.4. The molecule has 0 saturated carbocycles. The molecule has 2 rings (SSSR count). The summed E-state index contributed by atoms with van der Waals surface area (Å²) in [6.07, 6.45) is 9.70. The van der Waals surface area contributed by atoms with E-state index < -0.39 is 106 Å². The molecule has 2 heterocycles. The van der Waals surface area contributed by atoms with Crippen molar-refractivity contribution in [1.82, 2.24) is 52.3 Å². The van der Waals surface area contributed by atoms with Gasteiger partial charge in [-0.15, -0.1) is 0 Å². The first-order chi connectivity index (χ1) is 37.8. The van der Waals surface area contributed by atoms with Gasteiger partial charge in [0.05, 0.1) is 19.3 Å². The highest BCUT2D eigenvalue weighted by Gasteiger charge is 2.42. The Labute approximate surface area is 483 Å². The summed E-state index contributed by atoms with van der Waals surface area (Å²) in [7, 11) is 0. The largest absolute Gasteiger partial charge is 0.390 e. The number of morpholine rings is 1. The molecule has 2 fully saturated rings. The second-order valence-corrected chi connectivity index (χ2v) is 24.9. The number of likely N-dealkylation sites (tertiary alicyclic amines) is 1. The lowest BCUT2D eigenvalue weighted by molar-refractivity contribution is -0.140. The van der Waals surface area contributed by atoms with E-state index in [0.717, 1.165) is 38.5 Å². The lowest BCUT2D eigenvalue weighted by atomic mass is 9.95. The number of allylic oxidation sites excluding steroid dienone is 1. The summed E-state index contributed by atoms with van der Waals surface area (Å²) < 4.78 is 5.29. The summed E-state index contributed by atoms with van der Waals surface area (Å²) in [5, 5.41) is 33.3. The van der Waals surface area contributed by atoms with Gasteiger partial charge < -0.3 is 62.2 Å². The van der Waals surface area contributed by atoms with E-state index in [4.69, 9.17) is 4.74 Å². The smallest absolute Gasteiger partial charge is 0.246 e. The fraction of sp³-hybridized carbons (Fsp3) is 0.797. The molecule has 0 aromatic rings. The zero-order valence-electron chi connectivity index (χ0n) is 51.7. The van der Waals surface area contributed by atoms with Gasteiger partial charge in [-0.05, 0) is 103 Å². The first kappa shape index (κ1) is 71.5. The molecule has 9 N–H and O–H groups in total. The molecule has 1 unspecified atom stereocenters. The maximum atomic E-state index is 14.3. The van der Waals surface area contributed by atoms with Crippen molar-refractivity contribution in [3.05, 3.63) is 12.2 Å². The van der Waals surface area contributed by atoms with Crippen LogP contribution in [0.15, 0.2) is 12.2 Å². The number of unbranched alkanes of at least 4 members (excludes halogenated alkanes) is 5. The van der Waals surface area contributed by atoms with Crippen LogP contribution < -0.4 is 42.5 Å². The van der Waals surface area contributed by atoms with Crippen LogP contribution in [0.4, 0.5) is 0 Å². The minimum absolute atomic E-state index is 0.0465. The summed E-state index contributed by atoms with van der Waals surface area (Å²) in [6.45, 7) is 27.8. The number of aliphatic hydroxyl groups is 1. The summed E-state index contributed by atoms with van der Waals surface area (Å²) in [4.78, 5) is 141. The van der Waals surface area contributed by atoms with Gasteiger partial charge in [-0.2, -0.15) is 0 Å². The number of nitrogens with zero attached hydrogens (tertiary/aromatic N) is 2. The Hall–Kier alpha value is -5.64. The van der Waals surface area contributed by atoms with Crippen molar-refractivity contribution in [2.45, 2.75) is 240 Å². The Balaban J connectivity index is 2.27. The van der Waals surface area contributed by atoms with Crippen LogP contribution in [0.1, 0.15) is 187 Å². The van der Waals surface area contributed by atoms with Crippen molar-refractivity contribution < 1.29 is 57.8 Å². The van der Waals surface area contributed by atoms with Crippen molar-refractivity contribution in [3.8, 4) is 0 Å². The minimum atomic E-state index is -1.75. The third-order valence-electron chi connectivity index (χ3n) is 14.8. The van der Waals surface area contributed by atoms with Crippen LogP contribution in [0, 0.1) is 23.7 Å². The molecule has 462 valence electrons. The lowest BCUT2D eigenvalue weighted by Gasteiger charge is -2.34.